The van der Waals surface area contributed by atoms with Crippen molar-refractivity contribution in [3.8, 4) is 0 Å². The molecular formula is C13H21N3O3S. The fourth-order valence-electron chi connectivity index (χ4n) is 1.83. The van der Waals surface area contributed by atoms with Crippen LogP contribution in [0.15, 0.2) is 28.3 Å². The molecule has 1 aromatic rings. The SMILES string of the molecule is Cc1ccc(C)c(S(=O)(=O)N(C)CC(C)C(N)=NO)c1. The standard InChI is InChI=1S/C13H21N3O3S/c1-9-5-6-10(2)12(7-9)20(18,19)16(4)8-11(3)13(14)15-17/h5-7,11,17H,8H2,1-4H3,(H2,14,15). The second kappa shape index (κ2) is 6.23. The third-order valence-electron chi connectivity index (χ3n) is 3.18. The summed E-state index contributed by atoms with van der Waals surface area (Å²) in [4.78, 5) is 0.284. The van der Waals surface area contributed by atoms with E-state index in [0.717, 1.165) is 5.56 Å². The molecule has 0 amide bonds. The van der Waals surface area contributed by atoms with Gasteiger partial charge in [-0.15, -0.1) is 0 Å². The van der Waals surface area contributed by atoms with Gasteiger partial charge in [0, 0.05) is 19.5 Å². The fraction of sp³-hybridized carbons (Fsp3) is 0.462. The number of aryl methyl sites for hydroxylation is 2. The molecule has 3 N–H and O–H groups in total. The molecule has 0 bridgehead atoms. The molecule has 20 heavy (non-hydrogen) atoms. The summed E-state index contributed by atoms with van der Waals surface area (Å²) in [6, 6.07) is 5.30. The molecule has 0 aliphatic rings. The average molecular weight is 299 g/mol. The van der Waals surface area contributed by atoms with E-state index in [-0.39, 0.29) is 23.2 Å². The Morgan fingerprint density at radius 2 is 2.05 bits per heavy atom. The van der Waals surface area contributed by atoms with E-state index < -0.39 is 10.0 Å². The molecule has 6 nitrogen and oxygen atoms in total. The first-order chi connectivity index (χ1) is 9.20. The van der Waals surface area contributed by atoms with Gasteiger partial charge in [-0.25, -0.2) is 12.7 Å². The van der Waals surface area contributed by atoms with Gasteiger partial charge in [-0.2, -0.15) is 0 Å². The molecule has 0 aromatic heterocycles. The van der Waals surface area contributed by atoms with Crippen LogP contribution in [0, 0.1) is 19.8 Å². The van der Waals surface area contributed by atoms with Gasteiger partial charge >= 0.3 is 0 Å². The van der Waals surface area contributed by atoms with Crippen LogP contribution < -0.4 is 5.73 Å². The van der Waals surface area contributed by atoms with E-state index in [2.05, 4.69) is 5.16 Å². The molecule has 1 rings (SSSR count). The molecule has 0 radical (unpaired) electrons. The number of nitrogens with zero attached hydrogens (tertiary/aromatic N) is 2. The smallest absolute Gasteiger partial charge is 0.243 e. The van der Waals surface area contributed by atoms with Crippen molar-refractivity contribution in [3.05, 3.63) is 29.3 Å². The van der Waals surface area contributed by atoms with Crippen molar-refractivity contribution in [2.75, 3.05) is 13.6 Å². The van der Waals surface area contributed by atoms with Crippen molar-refractivity contribution in [1.29, 1.82) is 0 Å². The fourth-order valence-corrected chi connectivity index (χ4v) is 3.39. The number of rotatable bonds is 5. The highest BCUT2D eigenvalue weighted by Crippen LogP contribution is 2.21. The lowest BCUT2D eigenvalue weighted by Crippen LogP contribution is -2.36. The van der Waals surface area contributed by atoms with E-state index in [1.165, 1.54) is 11.4 Å². The van der Waals surface area contributed by atoms with Gasteiger partial charge in [0.15, 0.2) is 0 Å². The first-order valence-corrected chi connectivity index (χ1v) is 7.65. The minimum absolute atomic E-state index is 0.00742. The summed E-state index contributed by atoms with van der Waals surface area (Å²) < 4.78 is 26.3. The number of oxime groups is 1. The maximum atomic E-state index is 12.5. The lowest BCUT2D eigenvalue weighted by atomic mass is 10.2. The molecule has 7 heteroatoms. The third-order valence-corrected chi connectivity index (χ3v) is 5.15. The van der Waals surface area contributed by atoms with Gasteiger partial charge < -0.3 is 10.9 Å². The third kappa shape index (κ3) is 3.49. The summed E-state index contributed by atoms with van der Waals surface area (Å²) in [7, 11) is -2.10. The summed E-state index contributed by atoms with van der Waals surface area (Å²) in [6.07, 6.45) is 0. The number of hydrogen-bond acceptors (Lipinski definition) is 4. The first-order valence-electron chi connectivity index (χ1n) is 6.21. The second-order valence-electron chi connectivity index (χ2n) is 4.98. The number of sulfonamides is 1. The van der Waals surface area contributed by atoms with Crippen LogP contribution in [0.4, 0.5) is 0 Å². The van der Waals surface area contributed by atoms with Crippen LogP contribution in [0.2, 0.25) is 0 Å². The van der Waals surface area contributed by atoms with Crippen LogP contribution in [0.5, 0.6) is 0 Å². The lowest BCUT2D eigenvalue weighted by molar-refractivity contribution is 0.312. The van der Waals surface area contributed by atoms with Crippen LogP contribution >= 0.6 is 0 Å². The lowest BCUT2D eigenvalue weighted by Gasteiger charge is -2.21. The van der Waals surface area contributed by atoms with Gasteiger partial charge in [0.1, 0.15) is 5.84 Å². The molecule has 0 aliphatic carbocycles. The Morgan fingerprint density at radius 1 is 1.45 bits per heavy atom. The monoisotopic (exact) mass is 299 g/mol. The highest BCUT2D eigenvalue weighted by atomic mass is 32.2. The van der Waals surface area contributed by atoms with Crippen molar-refractivity contribution in [2.45, 2.75) is 25.7 Å². The summed E-state index contributed by atoms with van der Waals surface area (Å²) in [6.45, 7) is 5.44. The Bertz CT molecular complexity index is 611. The van der Waals surface area contributed by atoms with Gasteiger partial charge in [0.25, 0.3) is 0 Å². The van der Waals surface area contributed by atoms with Crippen molar-refractivity contribution in [1.82, 2.24) is 4.31 Å². The molecule has 0 saturated heterocycles. The Kier molecular flexibility index (Phi) is 5.13. The Labute approximate surface area is 119 Å². The van der Waals surface area contributed by atoms with Crippen molar-refractivity contribution >= 4 is 15.9 Å². The normalized spacial score (nSPS) is 14.6. The van der Waals surface area contributed by atoms with E-state index in [9.17, 15) is 8.42 Å². The van der Waals surface area contributed by atoms with Crippen molar-refractivity contribution < 1.29 is 13.6 Å². The average Bonchev–Trinajstić information content (AvgIpc) is 2.40. The van der Waals surface area contributed by atoms with Gasteiger partial charge in [-0.05, 0) is 31.0 Å². The summed E-state index contributed by atoms with van der Waals surface area (Å²) >= 11 is 0. The summed E-state index contributed by atoms with van der Waals surface area (Å²) in [5, 5.41) is 11.5. The van der Waals surface area contributed by atoms with Crippen LogP contribution in [-0.2, 0) is 10.0 Å². The minimum atomic E-state index is -3.59. The Balaban J connectivity index is 3.07. The van der Waals surface area contributed by atoms with Gasteiger partial charge in [-0.1, -0.05) is 24.2 Å². The summed E-state index contributed by atoms with van der Waals surface area (Å²) in [5.74, 6) is -0.363. The van der Waals surface area contributed by atoms with E-state index >= 15 is 0 Å². The maximum absolute atomic E-state index is 12.5. The van der Waals surface area contributed by atoms with E-state index in [4.69, 9.17) is 10.9 Å². The molecule has 0 fully saturated rings. The zero-order valence-corrected chi connectivity index (χ0v) is 13.0. The highest BCUT2D eigenvalue weighted by molar-refractivity contribution is 7.89. The van der Waals surface area contributed by atoms with E-state index in [1.54, 1.807) is 26.0 Å². The zero-order chi connectivity index (χ0) is 15.5. The first kappa shape index (κ1) is 16.5. The molecule has 0 spiro atoms. The van der Waals surface area contributed by atoms with E-state index in [0.29, 0.717) is 5.56 Å². The van der Waals surface area contributed by atoms with Gasteiger partial charge in [0.2, 0.25) is 10.0 Å². The zero-order valence-electron chi connectivity index (χ0n) is 12.2. The Hall–Kier alpha value is -1.60. The Morgan fingerprint density at radius 3 is 2.60 bits per heavy atom. The van der Waals surface area contributed by atoms with Gasteiger partial charge in [0.05, 0.1) is 4.90 Å². The predicted octanol–water partition coefficient (Wildman–Crippen LogP) is 1.31. The summed E-state index contributed by atoms with van der Waals surface area (Å²) in [5.41, 5.74) is 7.05. The quantitative estimate of drug-likeness (QED) is 0.371. The number of nitrogens with two attached hydrogens (primary N) is 1. The molecule has 0 saturated carbocycles. The van der Waals surface area contributed by atoms with E-state index in [1.807, 2.05) is 13.0 Å². The molecule has 1 aromatic carbocycles. The van der Waals surface area contributed by atoms with Crippen LogP contribution in [-0.4, -0.2) is 37.4 Å². The molecule has 0 heterocycles. The largest absolute Gasteiger partial charge is 0.409 e. The minimum Gasteiger partial charge on any atom is -0.409 e. The maximum Gasteiger partial charge on any atom is 0.243 e. The molecule has 1 unspecified atom stereocenters. The van der Waals surface area contributed by atoms with Crippen LogP contribution in [0.3, 0.4) is 0 Å². The molecule has 0 aliphatic heterocycles. The highest BCUT2D eigenvalue weighted by Gasteiger charge is 2.25. The van der Waals surface area contributed by atoms with Crippen molar-refractivity contribution in [3.63, 3.8) is 0 Å². The predicted molar refractivity (Wildman–Crippen MR) is 78.3 cm³/mol. The molecule has 1 atom stereocenters. The topological polar surface area (TPSA) is 96.0 Å². The van der Waals surface area contributed by atoms with Crippen LogP contribution in [0.1, 0.15) is 18.1 Å². The number of amidine groups is 1. The van der Waals surface area contributed by atoms with Gasteiger partial charge in [-0.3, -0.25) is 0 Å². The van der Waals surface area contributed by atoms with Crippen molar-refractivity contribution in [2.24, 2.45) is 16.8 Å². The van der Waals surface area contributed by atoms with Crippen LogP contribution in [0.25, 0.3) is 0 Å². The number of benzene rings is 1. The molecule has 112 valence electrons. The second-order valence-corrected chi connectivity index (χ2v) is 6.99. The number of hydrogen-bond donors (Lipinski definition) is 2. The molecular weight excluding hydrogens is 278 g/mol.